The molecule has 1 amide bonds. The number of amides is 1. The Kier molecular flexibility index (Phi) is 5.60. The number of halogens is 2. The Labute approximate surface area is 181 Å². The molecular formula is C21H18BF2NO7. The van der Waals surface area contributed by atoms with Crippen molar-refractivity contribution in [1.29, 1.82) is 0 Å². The fourth-order valence-electron chi connectivity index (χ4n) is 3.50. The first kappa shape index (κ1) is 21.8. The Morgan fingerprint density at radius 2 is 2.00 bits per heavy atom. The van der Waals surface area contributed by atoms with Crippen LogP contribution in [0.2, 0.25) is 0 Å². The first-order chi connectivity index (χ1) is 15.2. The van der Waals surface area contributed by atoms with E-state index in [1.54, 1.807) is 30.3 Å². The van der Waals surface area contributed by atoms with Crippen LogP contribution in [0, 0.1) is 0 Å². The SMILES string of the molecule is CCC(F)(F)C(=O)N[C@H]1Cc2cccc(C(=O)OC3OC(=O)c4ccccc43)c2OB1O. The van der Waals surface area contributed by atoms with E-state index in [2.05, 4.69) is 5.32 Å². The summed E-state index contributed by atoms with van der Waals surface area (Å²) in [6.45, 7) is 1.17. The van der Waals surface area contributed by atoms with E-state index in [0.29, 0.717) is 11.1 Å². The summed E-state index contributed by atoms with van der Waals surface area (Å²) in [6.07, 6.45) is -1.98. The molecule has 0 aliphatic carbocycles. The van der Waals surface area contributed by atoms with Gasteiger partial charge in [-0.05, 0) is 24.1 Å². The first-order valence-corrected chi connectivity index (χ1v) is 9.87. The van der Waals surface area contributed by atoms with Crippen molar-refractivity contribution in [1.82, 2.24) is 5.32 Å². The number of fused-ring (bicyclic) bond motifs is 2. The summed E-state index contributed by atoms with van der Waals surface area (Å²) in [6, 6.07) is 10.9. The number of carbonyl (C=O) groups is 3. The van der Waals surface area contributed by atoms with Gasteiger partial charge >= 0.3 is 25.0 Å². The molecular weight excluding hydrogens is 427 g/mol. The average Bonchev–Trinajstić information content (AvgIpc) is 3.09. The molecule has 8 nitrogen and oxygen atoms in total. The Bertz CT molecular complexity index is 1090. The van der Waals surface area contributed by atoms with Crippen LogP contribution in [-0.4, -0.2) is 41.9 Å². The van der Waals surface area contributed by atoms with Crippen molar-refractivity contribution in [2.24, 2.45) is 0 Å². The van der Waals surface area contributed by atoms with Crippen molar-refractivity contribution < 1.29 is 42.3 Å². The highest BCUT2D eigenvalue weighted by Crippen LogP contribution is 2.35. The minimum Gasteiger partial charge on any atom is -0.534 e. The van der Waals surface area contributed by atoms with Crippen molar-refractivity contribution in [2.45, 2.75) is 37.9 Å². The summed E-state index contributed by atoms with van der Waals surface area (Å²) < 4.78 is 43.0. The molecule has 4 rings (SSSR count). The van der Waals surface area contributed by atoms with Gasteiger partial charge in [0, 0.05) is 12.0 Å². The number of nitrogens with one attached hydrogen (secondary N) is 1. The van der Waals surface area contributed by atoms with Crippen LogP contribution in [-0.2, 0) is 20.7 Å². The van der Waals surface area contributed by atoms with Gasteiger partial charge in [-0.2, -0.15) is 8.78 Å². The minimum absolute atomic E-state index is 0.00430. The fourth-order valence-corrected chi connectivity index (χ4v) is 3.50. The maximum atomic E-state index is 13.6. The fraction of sp³-hybridized carbons (Fsp3) is 0.286. The lowest BCUT2D eigenvalue weighted by molar-refractivity contribution is -0.146. The number of benzene rings is 2. The molecule has 2 heterocycles. The zero-order valence-corrected chi connectivity index (χ0v) is 16.8. The standard InChI is InChI=1S/C21H18BF2NO7/c1-2-21(23,24)20(28)25-15-10-11-6-5-9-14(16(11)32-22(15)29)18(27)31-19-13-8-4-3-7-12(13)17(26)30-19/h3-9,15,19,29H,2,10H2,1H3,(H,25,28)/t15-,19?/m0/s1. The van der Waals surface area contributed by atoms with Crippen LogP contribution in [0.4, 0.5) is 8.78 Å². The topological polar surface area (TPSA) is 111 Å². The van der Waals surface area contributed by atoms with Crippen molar-refractivity contribution in [3.8, 4) is 5.75 Å². The lowest BCUT2D eigenvalue weighted by Gasteiger charge is -2.30. The van der Waals surface area contributed by atoms with Crippen LogP contribution < -0.4 is 9.97 Å². The van der Waals surface area contributed by atoms with Crippen LogP contribution in [0.5, 0.6) is 5.75 Å². The second-order valence-corrected chi connectivity index (χ2v) is 7.37. The molecule has 1 unspecified atom stereocenters. The lowest BCUT2D eigenvalue weighted by atomic mass is 9.72. The number of para-hydroxylation sites is 1. The molecule has 2 aliphatic heterocycles. The predicted octanol–water partition coefficient (Wildman–Crippen LogP) is 2.20. The van der Waals surface area contributed by atoms with Gasteiger partial charge in [0.05, 0.1) is 11.5 Å². The third kappa shape index (κ3) is 3.91. The van der Waals surface area contributed by atoms with Crippen LogP contribution in [0.3, 0.4) is 0 Å². The maximum absolute atomic E-state index is 13.6. The Morgan fingerprint density at radius 1 is 1.25 bits per heavy atom. The monoisotopic (exact) mass is 445 g/mol. The van der Waals surface area contributed by atoms with Crippen LogP contribution in [0.25, 0.3) is 0 Å². The normalized spacial score (nSPS) is 19.4. The van der Waals surface area contributed by atoms with Gasteiger partial charge in [0.15, 0.2) is 0 Å². The van der Waals surface area contributed by atoms with Crippen molar-refractivity contribution >= 4 is 25.0 Å². The lowest BCUT2D eigenvalue weighted by Crippen LogP contribution is -2.56. The van der Waals surface area contributed by atoms with Gasteiger partial charge in [0.25, 0.3) is 12.2 Å². The molecule has 2 aliphatic rings. The number of hydrogen-bond donors (Lipinski definition) is 2. The molecule has 0 radical (unpaired) electrons. The second kappa shape index (κ2) is 8.23. The molecule has 0 saturated carbocycles. The van der Waals surface area contributed by atoms with Gasteiger partial charge in [-0.1, -0.05) is 37.3 Å². The molecule has 2 aromatic carbocycles. The number of ether oxygens (including phenoxy) is 2. The number of rotatable bonds is 5. The molecule has 0 spiro atoms. The van der Waals surface area contributed by atoms with E-state index in [0.717, 1.165) is 0 Å². The molecule has 32 heavy (non-hydrogen) atoms. The number of carbonyl (C=O) groups excluding carboxylic acids is 3. The highest BCUT2D eigenvalue weighted by molar-refractivity contribution is 6.47. The number of cyclic esters (lactones) is 1. The quantitative estimate of drug-likeness (QED) is 0.536. The van der Waals surface area contributed by atoms with E-state index in [1.165, 1.54) is 19.1 Å². The molecule has 2 N–H and O–H groups in total. The molecule has 2 atom stereocenters. The molecule has 166 valence electrons. The van der Waals surface area contributed by atoms with E-state index < -0.39 is 49.5 Å². The Balaban J connectivity index is 1.52. The van der Waals surface area contributed by atoms with Gasteiger partial charge in [0.1, 0.15) is 11.3 Å². The van der Waals surface area contributed by atoms with Gasteiger partial charge in [-0.3, -0.25) is 4.79 Å². The number of esters is 2. The average molecular weight is 445 g/mol. The molecule has 0 saturated heterocycles. The van der Waals surface area contributed by atoms with E-state index in [-0.39, 0.29) is 23.3 Å². The summed E-state index contributed by atoms with van der Waals surface area (Å²) >= 11 is 0. The zero-order chi connectivity index (χ0) is 23.0. The van der Waals surface area contributed by atoms with E-state index >= 15 is 0 Å². The van der Waals surface area contributed by atoms with E-state index in [1.807, 2.05) is 0 Å². The summed E-state index contributed by atoms with van der Waals surface area (Å²) in [5.41, 5.74) is 1.04. The van der Waals surface area contributed by atoms with E-state index in [4.69, 9.17) is 14.1 Å². The molecule has 0 aromatic heterocycles. The molecule has 0 bridgehead atoms. The van der Waals surface area contributed by atoms with Gasteiger partial charge in [0.2, 0.25) is 0 Å². The molecule has 11 heteroatoms. The zero-order valence-electron chi connectivity index (χ0n) is 16.8. The minimum atomic E-state index is -3.58. The highest BCUT2D eigenvalue weighted by atomic mass is 19.3. The van der Waals surface area contributed by atoms with Gasteiger partial charge in [-0.25, -0.2) is 9.59 Å². The Morgan fingerprint density at radius 3 is 2.75 bits per heavy atom. The van der Waals surface area contributed by atoms with Crippen LogP contribution in [0.15, 0.2) is 42.5 Å². The van der Waals surface area contributed by atoms with Crippen LogP contribution >= 0.6 is 0 Å². The number of hydrogen-bond acceptors (Lipinski definition) is 7. The second-order valence-electron chi connectivity index (χ2n) is 7.37. The molecule has 0 fully saturated rings. The smallest absolute Gasteiger partial charge is 0.534 e. The van der Waals surface area contributed by atoms with Gasteiger partial charge < -0.3 is 24.5 Å². The third-order valence-electron chi connectivity index (χ3n) is 5.29. The summed E-state index contributed by atoms with van der Waals surface area (Å²) in [4.78, 5) is 36.5. The largest absolute Gasteiger partial charge is 0.547 e. The van der Waals surface area contributed by atoms with Gasteiger partial charge in [-0.15, -0.1) is 0 Å². The molecule has 2 aromatic rings. The summed E-state index contributed by atoms with van der Waals surface area (Å²) in [5, 5.41) is 12.3. The number of alkyl halides is 2. The third-order valence-corrected chi connectivity index (χ3v) is 5.29. The maximum Gasteiger partial charge on any atom is 0.547 e. The van der Waals surface area contributed by atoms with Crippen molar-refractivity contribution in [3.63, 3.8) is 0 Å². The highest BCUT2D eigenvalue weighted by Gasteiger charge is 2.43. The van der Waals surface area contributed by atoms with E-state index in [9.17, 15) is 28.2 Å². The van der Waals surface area contributed by atoms with Crippen molar-refractivity contribution in [3.05, 3.63) is 64.7 Å². The summed E-state index contributed by atoms with van der Waals surface area (Å²) in [5.74, 6) is -7.74. The summed E-state index contributed by atoms with van der Waals surface area (Å²) in [7, 11) is -1.67. The first-order valence-electron chi connectivity index (χ1n) is 9.87. The predicted molar refractivity (Wildman–Crippen MR) is 106 cm³/mol. The Hall–Kier alpha value is -3.47. The van der Waals surface area contributed by atoms with Crippen LogP contribution in [0.1, 0.15) is 51.5 Å². The van der Waals surface area contributed by atoms with Crippen molar-refractivity contribution in [2.75, 3.05) is 0 Å².